The number of aliphatic imine (C=N–C) groups is 1. The van der Waals surface area contributed by atoms with Crippen LogP contribution < -0.4 is 10.6 Å². The van der Waals surface area contributed by atoms with E-state index in [1.54, 1.807) is 7.11 Å². The van der Waals surface area contributed by atoms with Gasteiger partial charge in [-0.25, -0.2) is 0 Å². The van der Waals surface area contributed by atoms with Gasteiger partial charge in [0.15, 0.2) is 5.96 Å². The van der Waals surface area contributed by atoms with Gasteiger partial charge in [0, 0.05) is 33.4 Å². The average Bonchev–Trinajstić information content (AvgIpc) is 2.52. The molecule has 0 atom stereocenters. The highest BCUT2D eigenvalue weighted by Gasteiger charge is 2.36. The molecule has 2 fully saturated rings. The van der Waals surface area contributed by atoms with Gasteiger partial charge in [-0.1, -0.05) is 25.7 Å². The van der Waals surface area contributed by atoms with Crippen LogP contribution in [0, 0.1) is 5.41 Å². The van der Waals surface area contributed by atoms with Crippen LogP contribution in [-0.4, -0.2) is 50.0 Å². The van der Waals surface area contributed by atoms with Gasteiger partial charge in [-0.05, 0) is 44.4 Å². The first-order valence-electron chi connectivity index (χ1n) is 9.35. The largest absolute Gasteiger partial charge is 0.388 e. The Morgan fingerprint density at radius 2 is 1.79 bits per heavy atom. The van der Waals surface area contributed by atoms with Crippen LogP contribution >= 0.6 is 24.0 Å². The second kappa shape index (κ2) is 10.8. The van der Waals surface area contributed by atoms with Crippen molar-refractivity contribution in [2.75, 3.05) is 33.4 Å². The highest BCUT2D eigenvalue weighted by molar-refractivity contribution is 14.0. The lowest BCUT2D eigenvalue weighted by molar-refractivity contribution is 0.00855. The van der Waals surface area contributed by atoms with Crippen molar-refractivity contribution in [3.8, 4) is 0 Å². The lowest BCUT2D eigenvalue weighted by atomic mass is 9.67. The van der Waals surface area contributed by atoms with Gasteiger partial charge in [0.1, 0.15) is 0 Å². The minimum Gasteiger partial charge on any atom is -0.388 e. The molecule has 2 aliphatic rings. The maximum absolute atomic E-state index is 10.6. The third-order valence-corrected chi connectivity index (χ3v) is 5.54. The van der Waals surface area contributed by atoms with E-state index in [4.69, 9.17) is 9.73 Å². The predicted octanol–water partition coefficient (Wildman–Crippen LogP) is 3.06. The summed E-state index contributed by atoms with van der Waals surface area (Å²) in [6.45, 7) is 5.19. The zero-order chi connectivity index (χ0) is 16.6. The Hall–Kier alpha value is -0.0800. The van der Waals surface area contributed by atoms with E-state index in [-0.39, 0.29) is 24.0 Å². The van der Waals surface area contributed by atoms with Crippen molar-refractivity contribution in [1.29, 1.82) is 0 Å². The molecule has 2 saturated carbocycles. The highest BCUT2D eigenvalue weighted by Crippen LogP contribution is 2.44. The SMILES string of the molecule is CCNC(=NCC1(CCOC)CCC1)NCC1(O)CCCCC1.I. The number of rotatable bonds is 8. The number of aliphatic hydroxyl groups is 1. The van der Waals surface area contributed by atoms with Gasteiger partial charge in [-0.15, -0.1) is 24.0 Å². The van der Waals surface area contributed by atoms with E-state index >= 15 is 0 Å². The van der Waals surface area contributed by atoms with E-state index in [0.29, 0.717) is 12.0 Å². The van der Waals surface area contributed by atoms with E-state index in [9.17, 15) is 5.11 Å². The van der Waals surface area contributed by atoms with E-state index in [1.807, 2.05) is 0 Å². The first kappa shape index (κ1) is 22.0. The van der Waals surface area contributed by atoms with Crippen molar-refractivity contribution in [2.24, 2.45) is 10.4 Å². The summed E-state index contributed by atoms with van der Waals surface area (Å²) in [7, 11) is 1.77. The molecule has 0 aliphatic heterocycles. The molecule has 24 heavy (non-hydrogen) atoms. The van der Waals surface area contributed by atoms with Gasteiger partial charge < -0.3 is 20.5 Å². The lowest BCUT2D eigenvalue weighted by Crippen LogP contribution is -2.48. The molecule has 0 spiro atoms. The normalized spacial score (nSPS) is 22.2. The number of guanidine groups is 1. The van der Waals surface area contributed by atoms with Crippen LogP contribution in [0.1, 0.15) is 64.7 Å². The van der Waals surface area contributed by atoms with E-state index < -0.39 is 5.60 Å². The molecule has 0 amide bonds. The first-order chi connectivity index (χ1) is 11.1. The molecule has 0 aromatic rings. The Bertz CT molecular complexity index is 380. The summed E-state index contributed by atoms with van der Waals surface area (Å²) in [6.07, 6.45) is 10.2. The molecule has 2 aliphatic carbocycles. The molecule has 0 unspecified atom stereocenters. The Labute approximate surface area is 164 Å². The molecule has 6 heteroatoms. The number of methoxy groups -OCH3 is 1. The molecule has 0 bridgehead atoms. The second-order valence-corrected chi connectivity index (χ2v) is 7.43. The standard InChI is InChI=1S/C18H35N3O2.HI/c1-3-19-16(21-15-18(22)10-5-4-6-11-18)20-14-17(8-7-9-17)12-13-23-2;/h22H,3-15H2,1-2H3,(H2,19,20,21);1H. The van der Waals surface area contributed by atoms with Gasteiger partial charge >= 0.3 is 0 Å². The Kier molecular flexibility index (Phi) is 9.89. The highest BCUT2D eigenvalue weighted by atomic mass is 127. The van der Waals surface area contributed by atoms with Crippen molar-refractivity contribution in [1.82, 2.24) is 10.6 Å². The number of nitrogens with zero attached hydrogens (tertiary/aromatic N) is 1. The zero-order valence-corrected chi connectivity index (χ0v) is 17.7. The summed E-state index contributed by atoms with van der Waals surface area (Å²) in [6, 6.07) is 0. The molecule has 0 radical (unpaired) electrons. The van der Waals surface area contributed by atoms with Crippen LogP contribution in [0.15, 0.2) is 4.99 Å². The van der Waals surface area contributed by atoms with Crippen LogP contribution in [0.2, 0.25) is 0 Å². The van der Waals surface area contributed by atoms with Crippen molar-refractivity contribution in [2.45, 2.75) is 70.3 Å². The van der Waals surface area contributed by atoms with Crippen molar-refractivity contribution in [3.05, 3.63) is 0 Å². The van der Waals surface area contributed by atoms with Gasteiger partial charge in [-0.3, -0.25) is 4.99 Å². The number of nitrogens with one attached hydrogen (secondary N) is 2. The number of ether oxygens (including phenoxy) is 1. The van der Waals surface area contributed by atoms with E-state index in [1.165, 1.54) is 25.7 Å². The first-order valence-corrected chi connectivity index (χ1v) is 9.35. The third-order valence-electron chi connectivity index (χ3n) is 5.54. The van der Waals surface area contributed by atoms with Crippen molar-refractivity contribution >= 4 is 29.9 Å². The molecule has 0 saturated heterocycles. The number of hydrogen-bond acceptors (Lipinski definition) is 3. The van der Waals surface area contributed by atoms with Gasteiger partial charge in [0.05, 0.1) is 5.60 Å². The monoisotopic (exact) mass is 453 g/mol. The zero-order valence-electron chi connectivity index (χ0n) is 15.4. The van der Waals surface area contributed by atoms with Gasteiger partial charge in [0.2, 0.25) is 0 Å². The van der Waals surface area contributed by atoms with Crippen LogP contribution in [-0.2, 0) is 4.74 Å². The summed E-state index contributed by atoms with van der Waals surface area (Å²) in [5.41, 5.74) is -0.223. The Balaban J connectivity index is 0.00000288. The molecule has 142 valence electrons. The van der Waals surface area contributed by atoms with Crippen molar-refractivity contribution in [3.63, 3.8) is 0 Å². The quantitative estimate of drug-likeness (QED) is 0.300. The fourth-order valence-electron chi connectivity index (χ4n) is 3.71. The average molecular weight is 453 g/mol. The van der Waals surface area contributed by atoms with Gasteiger partial charge in [-0.2, -0.15) is 0 Å². The van der Waals surface area contributed by atoms with Crippen LogP contribution in [0.3, 0.4) is 0 Å². The molecule has 3 N–H and O–H groups in total. The Morgan fingerprint density at radius 3 is 2.33 bits per heavy atom. The molecule has 2 rings (SSSR count). The van der Waals surface area contributed by atoms with Gasteiger partial charge in [0.25, 0.3) is 0 Å². The maximum Gasteiger partial charge on any atom is 0.191 e. The lowest BCUT2D eigenvalue weighted by Gasteiger charge is -2.41. The summed E-state index contributed by atoms with van der Waals surface area (Å²) >= 11 is 0. The van der Waals surface area contributed by atoms with Crippen LogP contribution in [0.4, 0.5) is 0 Å². The van der Waals surface area contributed by atoms with E-state index in [2.05, 4.69) is 17.6 Å². The summed E-state index contributed by atoms with van der Waals surface area (Å²) in [5.74, 6) is 0.843. The topological polar surface area (TPSA) is 65.9 Å². The smallest absolute Gasteiger partial charge is 0.191 e. The minimum absolute atomic E-state index is 0. The number of halogens is 1. The summed E-state index contributed by atoms with van der Waals surface area (Å²) in [4.78, 5) is 4.80. The van der Waals surface area contributed by atoms with Crippen LogP contribution in [0.25, 0.3) is 0 Å². The van der Waals surface area contributed by atoms with Crippen molar-refractivity contribution < 1.29 is 9.84 Å². The second-order valence-electron chi connectivity index (χ2n) is 7.43. The minimum atomic E-state index is -0.557. The molecular weight excluding hydrogens is 417 g/mol. The fraction of sp³-hybridized carbons (Fsp3) is 0.944. The molecule has 0 aromatic carbocycles. The number of hydrogen-bond donors (Lipinski definition) is 3. The van der Waals surface area contributed by atoms with Crippen LogP contribution in [0.5, 0.6) is 0 Å². The third kappa shape index (κ3) is 6.67. The Morgan fingerprint density at radius 1 is 1.08 bits per heavy atom. The molecule has 5 nitrogen and oxygen atoms in total. The molecule has 0 heterocycles. The summed E-state index contributed by atoms with van der Waals surface area (Å²) in [5, 5.41) is 17.3. The molecular formula is C18H36IN3O2. The predicted molar refractivity (Wildman–Crippen MR) is 110 cm³/mol. The summed E-state index contributed by atoms with van der Waals surface area (Å²) < 4.78 is 5.25. The fourth-order valence-corrected chi connectivity index (χ4v) is 3.71. The van der Waals surface area contributed by atoms with E-state index in [0.717, 1.165) is 57.8 Å². The maximum atomic E-state index is 10.6. The molecule has 0 aromatic heterocycles.